The van der Waals surface area contributed by atoms with Crippen molar-refractivity contribution in [1.82, 2.24) is 0 Å². The maximum absolute atomic E-state index is 12.0. The summed E-state index contributed by atoms with van der Waals surface area (Å²) < 4.78 is 0. The maximum Gasteiger partial charge on any atom is 0.159 e. The summed E-state index contributed by atoms with van der Waals surface area (Å²) in [6.07, 6.45) is 6.30. The van der Waals surface area contributed by atoms with Crippen LogP contribution >= 0.6 is 0 Å². The summed E-state index contributed by atoms with van der Waals surface area (Å²) in [4.78, 5) is 12.0. The van der Waals surface area contributed by atoms with E-state index < -0.39 is 0 Å². The second kappa shape index (κ2) is 3.87. The minimum absolute atomic E-state index is 0.156. The van der Waals surface area contributed by atoms with Crippen molar-refractivity contribution in [1.29, 1.82) is 0 Å². The van der Waals surface area contributed by atoms with Gasteiger partial charge in [0.25, 0.3) is 0 Å². The third-order valence-electron chi connectivity index (χ3n) is 4.10. The molecular weight excluding hydrogens is 196 g/mol. The molecular formula is C15H22O. The van der Waals surface area contributed by atoms with E-state index in [0.717, 1.165) is 24.8 Å². The van der Waals surface area contributed by atoms with Gasteiger partial charge < -0.3 is 0 Å². The zero-order chi connectivity index (χ0) is 11.9. The highest BCUT2D eigenvalue weighted by Gasteiger charge is 2.47. The number of allylic oxidation sites excluding steroid dienone is 3. The van der Waals surface area contributed by atoms with Gasteiger partial charge in [0.05, 0.1) is 0 Å². The van der Waals surface area contributed by atoms with Crippen molar-refractivity contribution in [2.75, 3.05) is 0 Å². The number of carbonyl (C=O) groups excluding carboxylic acids is 1. The van der Waals surface area contributed by atoms with Gasteiger partial charge in [-0.05, 0) is 49.0 Å². The smallest absolute Gasteiger partial charge is 0.159 e. The van der Waals surface area contributed by atoms with Crippen molar-refractivity contribution in [2.45, 2.75) is 46.5 Å². The SMILES string of the molecule is C=C(C)C[C@H]1CCC=C2C(=O)CC(C)(C)[C@@H]21. The summed E-state index contributed by atoms with van der Waals surface area (Å²) in [5.74, 6) is 1.51. The molecule has 0 aromatic carbocycles. The minimum atomic E-state index is 0.156. The fourth-order valence-corrected chi connectivity index (χ4v) is 3.64. The third kappa shape index (κ3) is 1.88. The molecule has 0 spiro atoms. The van der Waals surface area contributed by atoms with Gasteiger partial charge >= 0.3 is 0 Å². The number of fused-ring (bicyclic) bond motifs is 1. The van der Waals surface area contributed by atoms with Crippen LogP contribution in [0.2, 0.25) is 0 Å². The molecule has 1 nitrogen and oxygen atoms in total. The first-order valence-corrected chi connectivity index (χ1v) is 6.29. The van der Waals surface area contributed by atoms with Gasteiger partial charge in [-0.15, -0.1) is 6.58 Å². The molecule has 0 radical (unpaired) electrons. The number of carbonyl (C=O) groups is 1. The summed E-state index contributed by atoms with van der Waals surface area (Å²) >= 11 is 0. The molecule has 0 heterocycles. The summed E-state index contributed by atoms with van der Waals surface area (Å²) in [5, 5.41) is 0. The van der Waals surface area contributed by atoms with Gasteiger partial charge in [-0.2, -0.15) is 0 Å². The molecule has 0 N–H and O–H groups in total. The molecule has 2 atom stereocenters. The highest BCUT2D eigenvalue weighted by atomic mass is 16.1. The Labute approximate surface area is 98.6 Å². The molecule has 2 aliphatic rings. The Hall–Kier alpha value is -0.850. The van der Waals surface area contributed by atoms with E-state index in [1.54, 1.807) is 0 Å². The second-order valence-electron chi connectivity index (χ2n) is 6.22. The normalized spacial score (nSPS) is 32.2. The van der Waals surface area contributed by atoms with Crippen LogP contribution in [0, 0.1) is 17.3 Å². The maximum atomic E-state index is 12.0. The Balaban J connectivity index is 2.30. The van der Waals surface area contributed by atoms with Crippen molar-refractivity contribution in [2.24, 2.45) is 17.3 Å². The average Bonchev–Trinajstić information content (AvgIpc) is 2.37. The molecule has 0 amide bonds. The van der Waals surface area contributed by atoms with E-state index in [9.17, 15) is 4.79 Å². The van der Waals surface area contributed by atoms with E-state index >= 15 is 0 Å². The summed E-state index contributed by atoms with van der Waals surface area (Å²) in [6, 6.07) is 0. The molecule has 0 bridgehead atoms. The molecule has 0 saturated heterocycles. The first-order chi connectivity index (χ1) is 7.42. The fraction of sp³-hybridized carbons (Fsp3) is 0.667. The molecule has 2 rings (SSSR count). The Morgan fingerprint density at radius 1 is 1.56 bits per heavy atom. The van der Waals surface area contributed by atoms with Gasteiger partial charge in [0.15, 0.2) is 5.78 Å². The molecule has 0 aromatic rings. The number of hydrogen-bond donors (Lipinski definition) is 0. The molecule has 88 valence electrons. The van der Waals surface area contributed by atoms with E-state index in [4.69, 9.17) is 0 Å². The van der Waals surface area contributed by atoms with Crippen LogP contribution < -0.4 is 0 Å². The zero-order valence-corrected chi connectivity index (χ0v) is 10.7. The van der Waals surface area contributed by atoms with Crippen LogP contribution in [0.15, 0.2) is 23.8 Å². The summed E-state index contributed by atoms with van der Waals surface area (Å²) in [5.41, 5.74) is 2.53. The van der Waals surface area contributed by atoms with Crippen LogP contribution in [0.25, 0.3) is 0 Å². The molecule has 1 heteroatoms. The van der Waals surface area contributed by atoms with E-state index in [1.807, 2.05) is 0 Å². The van der Waals surface area contributed by atoms with Crippen molar-refractivity contribution in [3.63, 3.8) is 0 Å². The second-order valence-corrected chi connectivity index (χ2v) is 6.22. The van der Waals surface area contributed by atoms with Gasteiger partial charge in [0.2, 0.25) is 0 Å². The lowest BCUT2D eigenvalue weighted by molar-refractivity contribution is -0.115. The largest absolute Gasteiger partial charge is 0.295 e. The average molecular weight is 218 g/mol. The number of hydrogen-bond acceptors (Lipinski definition) is 1. The predicted molar refractivity (Wildman–Crippen MR) is 67.1 cm³/mol. The van der Waals surface area contributed by atoms with Gasteiger partial charge in [0.1, 0.15) is 0 Å². The first-order valence-electron chi connectivity index (χ1n) is 6.29. The van der Waals surface area contributed by atoms with Crippen LogP contribution in [0.4, 0.5) is 0 Å². The highest BCUT2D eigenvalue weighted by molar-refractivity contribution is 5.99. The van der Waals surface area contributed by atoms with Gasteiger partial charge in [-0.3, -0.25) is 4.79 Å². The first kappa shape index (κ1) is 11.6. The molecule has 1 saturated carbocycles. The molecule has 2 aliphatic carbocycles. The number of rotatable bonds is 2. The topological polar surface area (TPSA) is 17.1 Å². The quantitative estimate of drug-likeness (QED) is 0.642. The number of Topliss-reactive ketones (excluding diaryl/α,β-unsaturated/α-hetero) is 1. The molecule has 1 fully saturated rings. The van der Waals surface area contributed by atoms with Crippen molar-refractivity contribution in [3.05, 3.63) is 23.8 Å². The van der Waals surface area contributed by atoms with Crippen LogP contribution in [-0.4, -0.2) is 5.78 Å². The van der Waals surface area contributed by atoms with Crippen LogP contribution in [0.3, 0.4) is 0 Å². The Bertz CT molecular complexity index is 360. The standard InChI is InChI=1S/C15H22O/c1-10(2)8-11-6-5-7-12-13(16)9-15(3,4)14(11)12/h7,11,14H,1,5-6,8-9H2,2-4H3/t11-,14-/m1/s1. The van der Waals surface area contributed by atoms with E-state index in [2.05, 4.69) is 33.4 Å². The molecule has 0 aromatic heterocycles. The predicted octanol–water partition coefficient (Wildman–Crippen LogP) is 3.90. The minimum Gasteiger partial charge on any atom is -0.295 e. The van der Waals surface area contributed by atoms with Crippen molar-refractivity contribution >= 4 is 5.78 Å². The lowest BCUT2D eigenvalue weighted by atomic mass is 9.67. The Morgan fingerprint density at radius 2 is 2.25 bits per heavy atom. The molecule has 16 heavy (non-hydrogen) atoms. The highest BCUT2D eigenvalue weighted by Crippen LogP contribution is 2.52. The van der Waals surface area contributed by atoms with Crippen molar-refractivity contribution in [3.8, 4) is 0 Å². The van der Waals surface area contributed by atoms with E-state index in [0.29, 0.717) is 17.6 Å². The molecule has 0 unspecified atom stereocenters. The van der Waals surface area contributed by atoms with E-state index in [-0.39, 0.29) is 5.41 Å². The summed E-state index contributed by atoms with van der Waals surface area (Å²) in [7, 11) is 0. The molecule has 0 aliphatic heterocycles. The van der Waals surface area contributed by atoms with Gasteiger partial charge in [-0.25, -0.2) is 0 Å². The Kier molecular flexibility index (Phi) is 2.81. The fourth-order valence-electron chi connectivity index (χ4n) is 3.64. The van der Waals surface area contributed by atoms with Crippen LogP contribution in [-0.2, 0) is 4.79 Å². The van der Waals surface area contributed by atoms with Crippen LogP contribution in [0.1, 0.15) is 46.5 Å². The summed E-state index contributed by atoms with van der Waals surface area (Å²) in [6.45, 7) is 10.6. The van der Waals surface area contributed by atoms with Gasteiger partial charge in [0, 0.05) is 6.42 Å². The monoisotopic (exact) mass is 218 g/mol. The van der Waals surface area contributed by atoms with Gasteiger partial charge in [-0.1, -0.05) is 25.5 Å². The zero-order valence-electron chi connectivity index (χ0n) is 10.7. The third-order valence-corrected chi connectivity index (χ3v) is 4.10. The lowest BCUT2D eigenvalue weighted by Crippen LogP contribution is -2.28. The van der Waals surface area contributed by atoms with E-state index in [1.165, 1.54) is 12.0 Å². The number of ketones is 1. The van der Waals surface area contributed by atoms with Crippen LogP contribution in [0.5, 0.6) is 0 Å². The lowest BCUT2D eigenvalue weighted by Gasteiger charge is -2.36. The van der Waals surface area contributed by atoms with Crippen molar-refractivity contribution < 1.29 is 4.79 Å². The Morgan fingerprint density at radius 3 is 2.88 bits per heavy atom.